The molecule has 0 saturated heterocycles. The van der Waals surface area contributed by atoms with Crippen molar-refractivity contribution in [1.82, 2.24) is 9.97 Å². The van der Waals surface area contributed by atoms with Crippen LogP contribution in [0.25, 0.3) is 89.5 Å². The molecule has 2 heteroatoms. The highest BCUT2D eigenvalue weighted by Gasteiger charge is 2.35. The van der Waals surface area contributed by atoms with Crippen molar-refractivity contribution in [2.24, 2.45) is 0 Å². The minimum Gasteiger partial charge on any atom is -0.228 e. The van der Waals surface area contributed by atoms with Crippen molar-refractivity contribution in [3.8, 4) is 89.5 Å². The minimum atomic E-state index is -0.0293. The smallest absolute Gasteiger partial charge is 0.160 e. The zero-order valence-corrected chi connectivity index (χ0v) is 32.0. The van der Waals surface area contributed by atoms with Crippen LogP contribution < -0.4 is 0 Å². The monoisotopic (exact) mass is 728 g/mol. The second kappa shape index (κ2) is 14.2. The number of rotatable bonds is 7. The number of aromatic nitrogens is 2. The van der Waals surface area contributed by atoms with Crippen LogP contribution in [0.15, 0.2) is 206 Å². The number of benzene rings is 8. The fraction of sp³-hybridized carbons (Fsp3) is 0.0545. The van der Waals surface area contributed by atoms with E-state index in [-0.39, 0.29) is 5.41 Å². The van der Waals surface area contributed by atoms with Crippen LogP contribution in [0.4, 0.5) is 0 Å². The highest BCUT2D eigenvalue weighted by atomic mass is 14.9. The lowest BCUT2D eigenvalue weighted by atomic mass is 9.81. The first-order valence-corrected chi connectivity index (χ1v) is 19.6. The number of hydrogen-bond acceptors (Lipinski definition) is 2. The second-order valence-corrected chi connectivity index (χ2v) is 15.4. The Bertz CT molecular complexity index is 2840. The summed E-state index contributed by atoms with van der Waals surface area (Å²) in [6.07, 6.45) is 0. The van der Waals surface area contributed by atoms with Gasteiger partial charge in [0.25, 0.3) is 0 Å². The van der Waals surface area contributed by atoms with E-state index in [0.29, 0.717) is 5.82 Å². The van der Waals surface area contributed by atoms with Crippen molar-refractivity contribution in [3.05, 3.63) is 217 Å². The lowest BCUT2D eigenvalue weighted by molar-refractivity contribution is 0.660. The summed E-state index contributed by atoms with van der Waals surface area (Å²) in [4.78, 5) is 10.4. The SMILES string of the molecule is CC1(C)c2ccccc2-c2ccc(-c3ccc(-c4cccc(-c5cc(-c6cc(-c7ccccc7)cc(-c7ccccc7)c6)nc(-c6ccccc6)n5)c4)cc3)cc21. The summed E-state index contributed by atoms with van der Waals surface area (Å²) >= 11 is 0. The van der Waals surface area contributed by atoms with E-state index >= 15 is 0 Å². The lowest BCUT2D eigenvalue weighted by Gasteiger charge is -2.22. The van der Waals surface area contributed by atoms with Crippen molar-refractivity contribution in [2.75, 3.05) is 0 Å². The average molecular weight is 729 g/mol. The predicted octanol–water partition coefficient (Wildman–Crippen LogP) is 14.5. The van der Waals surface area contributed by atoms with Gasteiger partial charge in [0.05, 0.1) is 11.4 Å². The van der Waals surface area contributed by atoms with Gasteiger partial charge in [-0.1, -0.05) is 184 Å². The molecule has 0 radical (unpaired) electrons. The highest BCUT2D eigenvalue weighted by molar-refractivity contribution is 5.85. The van der Waals surface area contributed by atoms with Gasteiger partial charge in [-0.3, -0.25) is 0 Å². The fourth-order valence-corrected chi connectivity index (χ4v) is 8.43. The summed E-state index contributed by atoms with van der Waals surface area (Å²) in [5.74, 6) is 0.699. The quantitative estimate of drug-likeness (QED) is 0.163. The maximum Gasteiger partial charge on any atom is 0.160 e. The number of hydrogen-bond donors (Lipinski definition) is 0. The molecule has 0 unspecified atom stereocenters. The molecule has 57 heavy (non-hydrogen) atoms. The lowest BCUT2D eigenvalue weighted by Crippen LogP contribution is -2.14. The maximum atomic E-state index is 5.22. The average Bonchev–Trinajstić information content (AvgIpc) is 3.52. The Labute approximate surface area is 334 Å². The molecular weight excluding hydrogens is 689 g/mol. The van der Waals surface area contributed by atoms with Gasteiger partial charge < -0.3 is 0 Å². The van der Waals surface area contributed by atoms with Gasteiger partial charge in [-0.25, -0.2) is 9.97 Å². The molecule has 0 aliphatic heterocycles. The Hall–Kier alpha value is -7.16. The molecule has 0 amide bonds. The van der Waals surface area contributed by atoms with Crippen LogP contribution in [0.5, 0.6) is 0 Å². The first kappa shape index (κ1) is 34.3. The molecule has 0 saturated carbocycles. The number of fused-ring (bicyclic) bond motifs is 3. The second-order valence-electron chi connectivity index (χ2n) is 15.4. The standard InChI is InChI=1S/C55H40N2/c1-55(2)50-24-13-12-23-48(50)49-30-29-43(35-51(49)55)40-27-25-39(26-28-40)42-21-14-22-44(31-42)52-36-53(57-54(56-52)41-19-10-5-11-20-41)47-33-45(37-15-6-3-7-16-37)32-46(34-47)38-17-8-4-9-18-38/h3-36H,1-2H3. The van der Waals surface area contributed by atoms with E-state index < -0.39 is 0 Å². The van der Waals surface area contributed by atoms with Crippen molar-refractivity contribution in [2.45, 2.75) is 19.3 Å². The molecule has 0 N–H and O–H groups in total. The third kappa shape index (κ3) is 6.46. The Morgan fingerprint density at radius 3 is 1.33 bits per heavy atom. The van der Waals surface area contributed by atoms with E-state index in [0.717, 1.165) is 50.3 Å². The van der Waals surface area contributed by atoms with Gasteiger partial charge in [0.2, 0.25) is 0 Å². The topological polar surface area (TPSA) is 25.8 Å². The van der Waals surface area contributed by atoms with Gasteiger partial charge >= 0.3 is 0 Å². The summed E-state index contributed by atoms with van der Waals surface area (Å²) in [6.45, 7) is 4.68. The minimum absolute atomic E-state index is 0.0293. The molecule has 0 spiro atoms. The highest BCUT2D eigenvalue weighted by Crippen LogP contribution is 2.49. The van der Waals surface area contributed by atoms with Gasteiger partial charge in [0.15, 0.2) is 5.82 Å². The summed E-state index contributed by atoms with van der Waals surface area (Å²) in [5, 5.41) is 0. The van der Waals surface area contributed by atoms with Gasteiger partial charge in [0.1, 0.15) is 0 Å². The zero-order valence-electron chi connectivity index (χ0n) is 32.0. The largest absolute Gasteiger partial charge is 0.228 e. The fourth-order valence-electron chi connectivity index (χ4n) is 8.43. The zero-order chi connectivity index (χ0) is 38.3. The summed E-state index contributed by atoms with van der Waals surface area (Å²) in [7, 11) is 0. The molecule has 270 valence electrons. The summed E-state index contributed by atoms with van der Waals surface area (Å²) in [5.41, 5.74) is 19.7. The molecule has 0 bridgehead atoms. The van der Waals surface area contributed by atoms with E-state index in [1.165, 1.54) is 44.5 Å². The van der Waals surface area contributed by atoms with E-state index in [4.69, 9.17) is 9.97 Å². The maximum absolute atomic E-state index is 5.22. The van der Waals surface area contributed by atoms with E-state index in [1.807, 2.05) is 18.2 Å². The van der Waals surface area contributed by atoms with Crippen LogP contribution in [0, 0.1) is 0 Å². The molecule has 1 aliphatic carbocycles. The van der Waals surface area contributed by atoms with Crippen LogP contribution >= 0.6 is 0 Å². The molecule has 8 aromatic carbocycles. The third-order valence-corrected chi connectivity index (χ3v) is 11.5. The van der Waals surface area contributed by atoms with Gasteiger partial charge in [-0.05, 0) is 103 Å². The molecule has 1 heterocycles. The summed E-state index contributed by atoms with van der Waals surface area (Å²) in [6, 6.07) is 73.8. The van der Waals surface area contributed by atoms with Crippen molar-refractivity contribution in [1.29, 1.82) is 0 Å². The Morgan fingerprint density at radius 1 is 0.281 bits per heavy atom. The van der Waals surface area contributed by atoms with E-state index in [1.54, 1.807) is 0 Å². The molecule has 2 nitrogen and oxygen atoms in total. The van der Waals surface area contributed by atoms with Gasteiger partial charge in [-0.2, -0.15) is 0 Å². The Morgan fingerprint density at radius 2 is 0.702 bits per heavy atom. The predicted molar refractivity (Wildman–Crippen MR) is 238 cm³/mol. The van der Waals surface area contributed by atoms with Crippen LogP contribution in [0.3, 0.4) is 0 Å². The van der Waals surface area contributed by atoms with Gasteiger partial charge in [0, 0.05) is 22.1 Å². The first-order valence-electron chi connectivity index (χ1n) is 19.6. The molecule has 1 aliphatic rings. The van der Waals surface area contributed by atoms with Crippen molar-refractivity contribution in [3.63, 3.8) is 0 Å². The van der Waals surface area contributed by atoms with E-state index in [9.17, 15) is 0 Å². The molecule has 9 aromatic rings. The Balaban J connectivity index is 1.03. The van der Waals surface area contributed by atoms with Crippen LogP contribution in [-0.2, 0) is 5.41 Å². The van der Waals surface area contributed by atoms with Crippen LogP contribution in [0.2, 0.25) is 0 Å². The van der Waals surface area contributed by atoms with Gasteiger partial charge in [-0.15, -0.1) is 0 Å². The molecule has 1 aromatic heterocycles. The molecule has 0 atom stereocenters. The van der Waals surface area contributed by atoms with E-state index in [2.05, 4.69) is 202 Å². The summed E-state index contributed by atoms with van der Waals surface area (Å²) < 4.78 is 0. The molecule has 10 rings (SSSR count). The van der Waals surface area contributed by atoms with Crippen molar-refractivity contribution < 1.29 is 0 Å². The molecule has 0 fully saturated rings. The first-order chi connectivity index (χ1) is 28.0. The Kier molecular flexibility index (Phi) is 8.53. The van der Waals surface area contributed by atoms with Crippen LogP contribution in [-0.4, -0.2) is 9.97 Å². The normalized spacial score (nSPS) is 12.5. The third-order valence-electron chi connectivity index (χ3n) is 11.5. The number of nitrogens with zero attached hydrogens (tertiary/aromatic N) is 2. The molecular formula is C55H40N2. The van der Waals surface area contributed by atoms with Crippen LogP contribution in [0.1, 0.15) is 25.0 Å². The van der Waals surface area contributed by atoms with Crippen molar-refractivity contribution >= 4 is 0 Å².